The number of ether oxygens (including phenoxy) is 1. The second-order valence-electron chi connectivity index (χ2n) is 9.87. The largest absolute Gasteiger partial charge is 0.472 e. The summed E-state index contributed by atoms with van der Waals surface area (Å²) < 4.78 is 30.9. The Morgan fingerprint density at radius 1 is 1.02 bits per heavy atom. The van der Waals surface area contributed by atoms with Gasteiger partial charge in [-0.15, -0.1) is 0 Å². The number of piperazine rings is 1. The molecule has 0 aliphatic carbocycles. The first-order chi connectivity index (χ1) is 19.4. The fraction of sp³-hybridized carbons (Fsp3) is 0.267. The van der Waals surface area contributed by atoms with Gasteiger partial charge in [-0.3, -0.25) is 9.80 Å². The zero-order valence-electron chi connectivity index (χ0n) is 21.8. The summed E-state index contributed by atoms with van der Waals surface area (Å²) in [4.78, 5) is 9.00. The lowest BCUT2D eigenvalue weighted by Gasteiger charge is -2.39. The maximum absolute atomic E-state index is 13.2. The molecular weight excluding hydrogens is 535 g/mol. The van der Waals surface area contributed by atoms with E-state index in [2.05, 4.69) is 19.9 Å². The lowest BCUT2D eigenvalue weighted by molar-refractivity contribution is -0.0756. The number of oxazole rings is 1. The lowest BCUT2D eigenvalue weighted by atomic mass is 10.1. The van der Waals surface area contributed by atoms with Gasteiger partial charge in [0.2, 0.25) is 5.89 Å². The first-order valence-corrected chi connectivity index (χ1v) is 13.5. The van der Waals surface area contributed by atoms with Crippen LogP contribution < -0.4 is 4.74 Å². The number of aromatic nitrogens is 2. The molecule has 0 bridgehead atoms. The molecule has 1 aliphatic heterocycles. The van der Waals surface area contributed by atoms with Crippen molar-refractivity contribution in [3.8, 4) is 28.5 Å². The van der Waals surface area contributed by atoms with Gasteiger partial charge in [0, 0.05) is 43.9 Å². The molecule has 0 amide bonds. The smallest absolute Gasteiger partial charge is 0.228 e. The summed E-state index contributed by atoms with van der Waals surface area (Å²) in [7, 11) is 0. The first kappa shape index (κ1) is 26.5. The SMILES string of the molecule is CC(O)C(Oc1ccc2oc(-c3ccccc3Cl)nc2c1)N1CCN(Cc2cc(-c3ccc(F)cc3)no2)CC1. The zero-order chi connectivity index (χ0) is 27.6. The van der Waals surface area contributed by atoms with Crippen LogP contribution in [0.1, 0.15) is 12.7 Å². The summed E-state index contributed by atoms with van der Waals surface area (Å²) in [5, 5.41) is 15.3. The topological polar surface area (TPSA) is 88.0 Å². The van der Waals surface area contributed by atoms with Gasteiger partial charge in [0.05, 0.1) is 17.1 Å². The van der Waals surface area contributed by atoms with E-state index in [0.29, 0.717) is 53.1 Å². The average molecular weight is 563 g/mol. The van der Waals surface area contributed by atoms with Crippen molar-refractivity contribution >= 4 is 22.7 Å². The van der Waals surface area contributed by atoms with Crippen LogP contribution in [0.2, 0.25) is 5.02 Å². The summed E-state index contributed by atoms with van der Waals surface area (Å²) in [5.41, 5.74) is 3.48. The number of fused-ring (bicyclic) bond motifs is 1. The molecule has 0 saturated carbocycles. The highest BCUT2D eigenvalue weighted by atomic mass is 35.5. The third kappa shape index (κ3) is 5.73. The second-order valence-corrected chi connectivity index (χ2v) is 10.3. The molecule has 3 heterocycles. The van der Waals surface area contributed by atoms with Gasteiger partial charge < -0.3 is 18.8 Å². The Labute approximate surface area is 235 Å². The van der Waals surface area contributed by atoms with Crippen molar-refractivity contribution in [2.24, 2.45) is 0 Å². The first-order valence-electron chi connectivity index (χ1n) is 13.1. The van der Waals surface area contributed by atoms with Gasteiger partial charge in [-0.2, -0.15) is 0 Å². The number of aliphatic hydroxyl groups is 1. The van der Waals surface area contributed by atoms with Crippen molar-refractivity contribution in [2.45, 2.75) is 25.8 Å². The Hall–Kier alpha value is -3.76. The molecule has 3 aromatic carbocycles. The van der Waals surface area contributed by atoms with E-state index in [1.165, 1.54) is 12.1 Å². The minimum Gasteiger partial charge on any atom is -0.472 e. The second kappa shape index (κ2) is 11.4. The monoisotopic (exact) mass is 562 g/mol. The predicted octanol–water partition coefficient (Wildman–Crippen LogP) is 5.85. The van der Waals surface area contributed by atoms with Crippen LogP contribution in [-0.2, 0) is 6.54 Å². The third-order valence-corrected chi connectivity index (χ3v) is 7.31. The molecule has 5 aromatic rings. The zero-order valence-corrected chi connectivity index (χ0v) is 22.6. The molecule has 2 atom stereocenters. The van der Waals surface area contributed by atoms with Crippen LogP contribution in [0.15, 0.2) is 81.7 Å². The van der Waals surface area contributed by atoms with Gasteiger partial charge in [0.1, 0.15) is 28.9 Å². The average Bonchev–Trinajstić information content (AvgIpc) is 3.60. The highest BCUT2D eigenvalue weighted by Gasteiger charge is 2.29. The standard InChI is InChI=1S/C30H28ClFN4O4/c1-19(37)30(38-22-10-11-28-27(16-22)33-29(39-28)24-4-2-3-5-25(24)31)36-14-12-35(13-15-36)18-23-17-26(34-40-23)20-6-8-21(32)9-7-20/h2-11,16-17,19,30,37H,12-15,18H2,1H3. The highest BCUT2D eigenvalue weighted by molar-refractivity contribution is 6.33. The minimum absolute atomic E-state index is 0.286. The number of rotatable bonds is 8. The molecule has 0 spiro atoms. The Kier molecular flexibility index (Phi) is 7.53. The maximum Gasteiger partial charge on any atom is 0.228 e. The van der Waals surface area contributed by atoms with Crippen molar-refractivity contribution in [1.29, 1.82) is 0 Å². The number of hydrogen-bond donors (Lipinski definition) is 1. The molecule has 1 N–H and O–H groups in total. The Morgan fingerprint density at radius 2 is 1.80 bits per heavy atom. The molecule has 8 nitrogen and oxygen atoms in total. The predicted molar refractivity (Wildman–Crippen MR) is 149 cm³/mol. The van der Waals surface area contributed by atoms with Gasteiger partial charge >= 0.3 is 0 Å². The van der Waals surface area contributed by atoms with E-state index in [4.69, 9.17) is 25.3 Å². The molecule has 6 rings (SSSR count). The molecule has 10 heteroatoms. The van der Waals surface area contributed by atoms with Crippen molar-refractivity contribution in [3.05, 3.63) is 89.4 Å². The third-order valence-electron chi connectivity index (χ3n) is 6.98. The van der Waals surface area contributed by atoms with Crippen LogP contribution in [0.3, 0.4) is 0 Å². The Balaban J connectivity index is 1.09. The van der Waals surface area contributed by atoms with Gasteiger partial charge in [0.15, 0.2) is 17.6 Å². The van der Waals surface area contributed by atoms with E-state index < -0.39 is 12.3 Å². The summed E-state index contributed by atoms with van der Waals surface area (Å²) >= 11 is 6.31. The molecule has 40 heavy (non-hydrogen) atoms. The van der Waals surface area contributed by atoms with E-state index in [1.807, 2.05) is 42.5 Å². The maximum atomic E-state index is 13.2. The fourth-order valence-electron chi connectivity index (χ4n) is 4.89. The van der Waals surface area contributed by atoms with Crippen molar-refractivity contribution < 1.29 is 23.2 Å². The lowest BCUT2D eigenvalue weighted by Crippen LogP contribution is -2.55. The van der Waals surface area contributed by atoms with Crippen molar-refractivity contribution in [3.63, 3.8) is 0 Å². The van der Waals surface area contributed by atoms with Crippen LogP contribution in [0.25, 0.3) is 33.8 Å². The van der Waals surface area contributed by atoms with Crippen LogP contribution in [-0.4, -0.2) is 63.6 Å². The van der Waals surface area contributed by atoms with Crippen molar-refractivity contribution in [2.75, 3.05) is 26.2 Å². The molecule has 0 radical (unpaired) electrons. The van der Waals surface area contributed by atoms with Crippen LogP contribution >= 0.6 is 11.6 Å². The van der Waals surface area contributed by atoms with Gasteiger partial charge in [0.25, 0.3) is 0 Å². The summed E-state index contributed by atoms with van der Waals surface area (Å²) in [6, 6.07) is 20.9. The van der Waals surface area contributed by atoms with Crippen LogP contribution in [0, 0.1) is 5.82 Å². The highest BCUT2D eigenvalue weighted by Crippen LogP contribution is 2.31. The molecule has 1 fully saturated rings. The Morgan fingerprint density at radius 3 is 2.55 bits per heavy atom. The molecule has 2 unspecified atom stereocenters. The van der Waals surface area contributed by atoms with E-state index >= 15 is 0 Å². The number of hydrogen-bond acceptors (Lipinski definition) is 8. The molecule has 1 saturated heterocycles. The fourth-order valence-corrected chi connectivity index (χ4v) is 5.11. The number of aliphatic hydroxyl groups excluding tert-OH is 1. The van der Waals surface area contributed by atoms with E-state index in [9.17, 15) is 9.50 Å². The summed E-state index contributed by atoms with van der Waals surface area (Å²) in [6.07, 6.45) is -1.24. The molecule has 1 aliphatic rings. The van der Waals surface area contributed by atoms with Crippen LogP contribution in [0.5, 0.6) is 5.75 Å². The number of halogens is 2. The summed E-state index contributed by atoms with van der Waals surface area (Å²) in [6.45, 7) is 5.28. The van der Waals surface area contributed by atoms with Gasteiger partial charge in [-0.25, -0.2) is 9.37 Å². The van der Waals surface area contributed by atoms with E-state index in [1.54, 1.807) is 25.1 Å². The summed E-state index contributed by atoms with van der Waals surface area (Å²) in [5.74, 6) is 1.49. The number of benzene rings is 3. The minimum atomic E-state index is -0.717. The quantitative estimate of drug-likeness (QED) is 0.252. The van der Waals surface area contributed by atoms with Crippen molar-refractivity contribution in [1.82, 2.24) is 19.9 Å². The van der Waals surface area contributed by atoms with Gasteiger partial charge in [-0.1, -0.05) is 28.9 Å². The molecule has 2 aromatic heterocycles. The van der Waals surface area contributed by atoms with Gasteiger partial charge in [-0.05, 0) is 55.5 Å². The van der Waals surface area contributed by atoms with E-state index in [-0.39, 0.29) is 5.82 Å². The van der Waals surface area contributed by atoms with E-state index in [0.717, 1.165) is 30.0 Å². The number of nitrogens with zero attached hydrogens (tertiary/aromatic N) is 4. The molecule has 206 valence electrons. The normalized spacial score (nSPS) is 16.3. The Bertz CT molecular complexity index is 1600. The molecular formula is C30H28ClFN4O4. The van der Waals surface area contributed by atoms with Crippen LogP contribution in [0.4, 0.5) is 4.39 Å².